The summed E-state index contributed by atoms with van der Waals surface area (Å²) < 4.78 is 7.36. The molecule has 0 aliphatic carbocycles. The van der Waals surface area contributed by atoms with E-state index in [-0.39, 0.29) is 12.1 Å². The topological polar surface area (TPSA) is 78.0 Å². The zero-order valence-corrected chi connectivity index (χ0v) is 11.2. The van der Waals surface area contributed by atoms with E-state index in [1.807, 2.05) is 44.2 Å². The van der Waals surface area contributed by atoms with Gasteiger partial charge in [-0.2, -0.15) is 0 Å². The molecule has 2 rings (SSSR count). The van der Waals surface area contributed by atoms with Crippen LogP contribution in [0.25, 0.3) is 5.69 Å². The van der Waals surface area contributed by atoms with Crippen LogP contribution in [0.3, 0.4) is 0 Å². The van der Waals surface area contributed by atoms with E-state index in [4.69, 9.17) is 10.6 Å². The molecule has 0 radical (unpaired) electrons. The lowest BCUT2D eigenvalue weighted by Crippen LogP contribution is -2.37. The predicted octanol–water partition coefficient (Wildman–Crippen LogP) is 1.20. The number of ether oxygens (including phenoxy) is 1. The van der Waals surface area contributed by atoms with E-state index in [0.717, 1.165) is 11.4 Å². The summed E-state index contributed by atoms with van der Waals surface area (Å²) in [5.74, 6) is 5.64. The molecule has 1 aromatic heterocycles. The van der Waals surface area contributed by atoms with Crippen molar-refractivity contribution in [3.8, 4) is 5.69 Å². The number of hydrazine groups is 1. The quantitative estimate of drug-likeness (QED) is 0.603. The van der Waals surface area contributed by atoms with Crippen molar-refractivity contribution < 1.29 is 4.74 Å². The van der Waals surface area contributed by atoms with Gasteiger partial charge in [0.25, 0.3) is 0 Å². The Bertz CT molecular complexity index is 499. The van der Waals surface area contributed by atoms with E-state index in [9.17, 15) is 0 Å². The molecule has 2 unspecified atom stereocenters. The predicted molar refractivity (Wildman–Crippen MR) is 72.5 cm³/mol. The van der Waals surface area contributed by atoms with Crippen LogP contribution in [0.4, 0.5) is 0 Å². The van der Waals surface area contributed by atoms with Gasteiger partial charge >= 0.3 is 0 Å². The Morgan fingerprint density at radius 1 is 1.37 bits per heavy atom. The average Bonchev–Trinajstić information content (AvgIpc) is 2.90. The number of hydrogen-bond acceptors (Lipinski definition) is 5. The number of hydrogen-bond donors (Lipinski definition) is 2. The molecule has 0 aliphatic heterocycles. The largest absolute Gasteiger partial charge is 0.377 e. The van der Waals surface area contributed by atoms with Gasteiger partial charge in [-0.3, -0.25) is 5.84 Å². The summed E-state index contributed by atoms with van der Waals surface area (Å²) in [6.45, 7) is 4.55. The lowest BCUT2D eigenvalue weighted by molar-refractivity contribution is 0.0455. The smallest absolute Gasteiger partial charge is 0.0908 e. The van der Waals surface area contributed by atoms with Crippen LogP contribution in [0, 0.1) is 0 Å². The molecule has 102 valence electrons. The minimum Gasteiger partial charge on any atom is -0.377 e. The molecular weight excluding hydrogens is 242 g/mol. The Kier molecular flexibility index (Phi) is 4.62. The monoisotopic (exact) mass is 261 g/mol. The van der Waals surface area contributed by atoms with Gasteiger partial charge in [-0.15, -0.1) is 5.10 Å². The van der Waals surface area contributed by atoms with Gasteiger partial charge in [-0.05, 0) is 26.0 Å². The van der Waals surface area contributed by atoms with Crippen LogP contribution >= 0.6 is 0 Å². The van der Waals surface area contributed by atoms with Crippen molar-refractivity contribution in [1.82, 2.24) is 20.4 Å². The molecule has 0 saturated heterocycles. The van der Waals surface area contributed by atoms with Crippen molar-refractivity contribution in [1.29, 1.82) is 0 Å². The molecule has 0 amide bonds. The summed E-state index contributed by atoms with van der Waals surface area (Å²) in [6, 6.07) is 9.64. The minimum atomic E-state index is -0.171. The van der Waals surface area contributed by atoms with Gasteiger partial charge in [0.2, 0.25) is 0 Å². The van der Waals surface area contributed by atoms with E-state index >= 15 is 0 Å². The standard InChI is InChI=1S/C13H19N5O/c1-3-19-10(2)13(16-14)12-9-15-17-18(12)11-7-5-4-6-8-11/h4-10,13,16H,3,14H2,1-2H3. The van der Waals surface area contributed by atoms with E-state index in [1.54, 1.807) is 10.9 Å². The molecule has 0 saturated carbocycles. The van der Waals surface area contributed by atoms with Gasteiger partial charge in [0.1, 0.15) is 0 Å². The van der Waals surface area contributed by atoms with Gasteiger partial charge in [0.15, 0.2) is 0 Å². The summed E-state index contributed by atoms with van der Waals surface area (Å²) in [7, 11) is 0. The van der Waals surface area contributed by atoms with Crippen LogP contribution in [0.5, 0.6) is 0 Å². The molecule has 6 heteroatoms. The molecule has 3 N–H and O–H groups in total. The molecule has 2 aromatic rings. The summed E-state index contributed by atoms with van der Waals surface area (Å²) >= 11 is 0. The van der Waals surface area contributed by atoms with E-state index < -0.39 is 0 Å². The Morgan fingerprint density at radius 3 is 2.74 bits per heavy atom. The normalized spacial score (nSPS) is 14.3. The first-order valence-corrected chi connectivity index (χ1v) is 6.31. The van der Waals surface area contributed by atoms with Crippen LogP contribution in [0.15, 0.2) is 36.5 Å². The van der Waals surface area contributed by atoms with Crippen LogP contribution < -0.4 is 11.3 Å². The van der Waals surface area contributed by atoms with Gasteiger partial charge in [-0.1, -0.05) is 23.4 Å². The number of nitrogens with two attached hydrogens (primary N) is 1. The number of rotatable bonds is 6. The zero-order chi connectivity index (χ0) is 13.7. The average molecular weight is 261 g/mol. The van der Waals surface area contributed by atoms with Crippen LogP contribution in [-0.2, 0) is 4.74 Å². The molecule has 1 heterocycles. The first-order valence-electron chi connectivity index (χ1n) is 6.31. The number of nitrogens with zero attached hydrogens (tertiary/aromatic N) is 3. The first kappa shape index (κ1) is 13.7. The Balaban J connectivity index is 2.32. The van der Waals surface area contributed by atoms with Crippen molar-refractivity contribution in [3.05, 3.63) is 42.2 Å². The molecule has 0 fully saturated rings. The number of aromatic nitrogens is 3. The third-order valence-corrected chi connectivity index (χ3v) is 2.97. The fourth-order valence-electron chi connectivity index (χ4n) is 2.05. The summed E-state index contributed by atoms with van der Waals surface area (Å²) in [6.07, 6.45) is 1.63. The lowest BCUT2D eigenvalue weighted by Gasteiger charge is -2.23. The van der Waals surface area contributed by atoms with E-state index in [1.165, 1.54) is 0 Å². The Morgan fingerprint density at radius 2 is 2.11 bits per heavy atom. The van der Waals surface area contributed by atoms with Crippen molar-refractivity contribution in [2.75, 3.05) is 6.61 Å². The maximum absolute atomic E-state index is 5.64. The third-order valence-electron chi connectivity index (χ3n) is 2.97. The molecule has 0 aliphatic rings. The highest BCUT2D eigenvalue weighted by Crippen LogP contribution is 2.20. The first-order chi connectivity index (χ1) is 9.27. The molecule has 0 spiro atoms. The fraction of sp³-hybridized carbons (Fsp3) is 0.385. The maximum Gasteiger partial charge on any atom is 0.0908 e. The lowest BCUT2D eigenvalue weighted by atomic mass is 10.1. The molecular formula is C13H19N5O. The minimum absolute atomic E-state index is 0.0732. The van der Waals surface area contributed by atoms with Crippen LogP contribution in [-0.4, -0.2) is 27.7 Å². The van der Waals surface area contributed by atoms with Gasteiger partial charge in [0, 0.05) is 6.61 Å². The summed E-state index contributed by atoms with van der Waals surface area (Å²) in [5, 5.41) is 8.09. The second-order valence-corrected chi connectivity index (χ2v) is 4.21. The van der Waals surface area contributed by atoms with Crippen molar-refractivity contribution in [3.63, 3.8) is 0 Å². The van der Waals surface area contributed by atoms with Crippen LogP contribution in [0.1, 0.15) is 25.6 Å². The number of nitrogens with one attached hydrogen (secondary N) is 1. The van der Waals surface area contributed by atoms with Crippen molar-refractivity contribution >= 4 is 0 Å². The molecule has 1 aromatic carbocycles. The third kappa shape index (κ3) is 2.98. The van der Waals surface area contributed by atoms with Crippen molar-refractivity contribution in [2.24, 2.45) is 5.84 Å². The molecule has 2 atom stereocenters. The highest BCUT2D eigenvalue weighted by atomic mass is 16.5. The number of para-hydroxylation sites is 1. The fourth-order valence-corrected chi connectivity index (χ4v) is 2.05. The molecule has 6 nitrogen and oxygen atoms in total. The maximum atomic E-state index is 5.64. The van der Waals surface area contributed by atoms with Gasteiger partial charge in [-0.25, -0.2) is 10.1 Å². The van der Waals surface area contributed by atoms with E-state index in [2.05, 4.69) is 15.7 Å². The number of benzene rings is 1. The Hall–Kier alpha value is -1.76. The SMILES string of the molecule is CCOC(C)C(NN)c1cnnn1-c1ccccc1. The Labute approximate surface area is 112 Å². The van der Waals surface area contributed by atoms with E-state index in [0.29, 0.717) is 6.61 Å². The summed E-state index contributed by atoms with van der Waals surface area (Å²) in [5.41, 5.74) is 4.59. The van der Waals surface area contributed by atoms with Crippen molar-refractivity contribution in [2.45, 2.75) is 26.0 Å². The van der Waals surface area contributed by atoms with Crippen LogP contribution in [0.2, 0.25) is 0 Å². The second-order valence-electron chi connectivity index (χ2n) is 4.21. The van der Waals surface area contributed by atoms with Gasteiger partial charge < -0.3 is 4.74 Å². The highest BCUT2D eigenvalue weighted by molar-refractivity contribution is 5.32. The van der Waals surface area contributed by atoms with Gasteiger partial charge in [0.05, 0.1) is 29.7 Å². The zero-order valence-electron chi connectivity index (χ0n) is 11.2. The molecule has 0 bridgehead atoms. The molecule has 19 heavy (non-hydrogen) atoms. The highest BCUT2D eigenvalue weighted by Gasteiger charge is 2.23. The summed E-state index contributed by atoms with van der Waals surface area (Å²) in [4.78, 5) is 0. The second kappa shape index (κ2) is 6.42.